The van der Waals surface area contributed by atoms with Crippen LogP contribution in [0.4, 0.5) is 17.6 Å². The summed E-state index contributed by atoms with van der Waals surface area (Å²) in [4.78, 5) is 0. The first-order valence-corrected chi connectivity index (χ1v) is 5.38. The summed E-state index contributed by atoms with van der Waals surface area (Å²) in [6.07, 6.45) is -3.73. The van der Waals surface area contributed by atoms with Crippen molar-refractivity contribution >= 4 is 0 Å². The minimum absolute atomic E-state index is 0.00904. The van der Waals surface area contributed by atoms with E-state index >= 15 is 0 Å². The van der Waals surface area contributed by atoms with Crippen molar-refractivity contribution in [2.24, 2.45) is 0 Å². The van der Waals surface area contributed by atoms with Gasteiger partial charge in [0.05, 0.1) is 6.54 Å². The van der Waals surface area contributed by atoms with Crippen molar-refractivity contribution in [1.29, 1.82) is 0 Å². The highest BCUT2D eigenvalue weighted by Gasteiger charge is 2.40. The average Bonchev–Trinajstić information content (AvgIpc) is 2.75. The molecule has 1 aromatic rings. The summed E-state index contributed by atoms with van der Waals surface area (Å²) in [5.41, 5.74) is 0.259. The number of halogens is 4. The minimum Gasteiger partial charge on any atom is -0.507 e. The van der Waals surface area contributed by atoms with E-state index in [1.165, 1.54) is 12.1 Å². The van der Waals surface area contributed by atoms with Crippen molar-refractivity contribution in [3.05, 3.63) is 17.7 Å². The Morgan fingerprint density at radius 1 is 1.26 bits per heavy atom. The summed E-state index contributed by atoms with van der Waals surface area (Å²) >= 11 is 0. The second-order valence-electron chi connectivity index (χ2n) is 4.00. The molecule has 0 radical (unpaired) electrons. The summed E-state index contributed by atoms with van der Waals surface area (Å²) in [6.45, 7) is -1.36. The van der Waals surface area contributed by atoms with Gasteiger partial charge in [0, 0.05) is 18.2 Å². The van der Waals surface area contributed by atoms with E-state index in [-0.39, 0.29) is 24.7 Å². The first kappa shape index (κ1) is 13.7. The number of aromatic hydroxyl groups is 1. The fraction of sp³-hybridized carbons (Fsp3) is 0.455. The molecule has 4 nitrogen and oxygen atoms in total. The van der Waals surface area contributed by atoms with E-state index in [9.17, 15) is 22.7 Å². The van der Waals surface area contributed by atoms with E-state index in [1.54, 1.807) is 0 Å². The fourth-order valence-corrected chi connectivity index (χ4v) is 1.56. The normalized spacial score (nSPS) is 14.2. The maximum atomic E-state index is 12.6. The summed E-state index contributed by atoms with van der Waals surface area (Å²) in [5.74, 6) is -3.57. The molecule has 0 unspecified atom stereocenters. The predicted molar refractivity (Wildman–Crippen MR) is 56.9 cm³/mol. The van der Waals surface area contributed by atoms with E-state index < -0.39 is 18.9 Å². The lowest BCUT2D eigenvalue weighted by Crippen LogP contribution is -2.38. The molecule has 0 saturated heterocycles. The zero-order chi connectivity index (χ0) is 14.0. The van der Waals surface area contributed by atoms with Crippen LogP contribution < -0.4 is 14.8 Å². The third-order valence-corrected chi connectivity index (χ3v) is 2.57. The lowest BCUT2D eigenvalue weighted by molar-refractivity contribution is -0.125. The standard InChI is InChI=1S/C11H11F4NO3/c12-10(13)11(14,15)4-16-3-6-1-8-9(2-7(6)17)19-5-18-8/h1-2,10,16-17H,3-5H2. The van der Waals surface area contributed by atoms with Crippen LogP contribution in [0.15, 0.2) is 12.1 Å². The second kappa shape index (κ2) is 5.12. The number of benzene rings is 1. The Morgan fingerprint density at radius 3 is 2.53 bits per heavy atom. The van der Waals surface area contributed by atoms with Gasteiger partial charge in [-0.2, -0.15) is 8.78 Å². The molecule has 0 bridgehead atoms. The number of rotatable bonds is 5. The Bertz CT molecular complexity index is 467. The molecule has 0 aromatic heterocycles. The summed E-state index contributed by atoms with van der Waals surface area (Å²) in [6, 6.07) is 2.69. The quantitative estimate of drug-likeness (QED) is 0.812. The van der Waals surface area contributed by atoms with Crippen LogP contribution in [-0.4, -0.2) is 30.8 Å². The molecule has 2 N–H and O–H groups in total. The molecule has 1 aliphatic rings. The van der Waals surface area contributed by atoms with E-state index in [0.717, 1.165) is 0 Å². The van der Waals surface area contributed by atoms with Gasteiger partial charge in [0.1, 0.15) is 5.75 Å². The largest absolute Gasteiger partial charge is 0.507 e. The van der Waals surface area contributed by atoms with Crippen LogP contribution in [0.5, 0.6) is 17.2 Å². The van der Waals surface area contributed by atoms with Crippen molar-refractivity contribution in [1.82, 2.24) is 5.32 Å². The summed E-state index contributed by atoms with van der Waals surface area (Å²) < 4.78 is 59.2. The number of phenolic OH excluding ortho intramolecular Hbond substituents is 1. The molecule has 0 fully saturated rings. The third kappa shape index (κ3) is 3.01. The van der Waals surface area contributed by atoms with Gasteiger partial charge in [0.25, 0.3) is 0 Å². The van der Waals surface area contributed by atoms with Crippen molar-refractivity contribution in [2.45, 2.75) is 18.9 Å². The average molecular weight is 281 g/mol. The summed E-state index contributed by atoms with van der Waals surface area (Å²) in [7, 11) is 0. The third-order valence-electron chi connectivity index (χ3n) is 2.57. The SMILES string of the molecule is Oc1cc2c(cc1CNCC(F)(F)C(F)F)OCO2. The highest BCUT2D eigenvalue weighted by atomic mass is 19.3. The number of nitrogens with one attached hydrogen (secondary N) is 1. The van der Waals surface area contributed by atoms with Crippen LogP contribution >= 0.6 is 0 Å². The molecule has 0 aliphatic carbocycles. The van der Waals surface area contributed by atoms with Crippen LogP contribution in [0.1, 0.15) is 5.56 Å². The molecular weight excluding hydrogens is 270 g/mol. The number of fused-ring (bicyclic) bond motifs is 1. The molecule has 1 aliphatic heterocycles. The van der Waals surface area contributed by atoms with Gasteiger partial charge in [-0.1, -0.05) is 0 Å². The van der Waals surface area contributed by atoms with Gasteiger partial charge in [-0.15, -0.1) is 0 Å². The van der Waals surface area contributed by atoms with Crippen molar-refractivity contribution in [2.75, 3.05) is 13.3 Å². The van der Waals surface area contributed by atoms with Crippen LogP contribution in [0.2, 0.25) is 0 Å². The number of phenols is 1. The monoisotopic (exact) mass is 281 g/mol. The zero-order valence-electron chi connectivity index (χ0n) is 9.63. The Labute approximate surface area is 105 Å². The van der Waals surface area contributed by atoms with E-state index in [1.807, 2.05) is 0 Å². The van der Waals surface area contributed by atoms with Gasteiger partial charge in [-0.05, 0) is 6.07 Å². The summed E-state index contributed by atoms with van der Waals surface area (Å²) in [5, 5.41) is 11.8. The molecule has 0 amide bonds. The van der Waals surface area contributed by atoms with Crippen LogP contribution in [0.25, 0.3) is 0 Å². The zero-order valence-corrected chi connectivity index (χ0v) is 9.63. The molecule has 0 spiro atoms. The predicted octanol–water partition coefficient (Wildman–Crippen LogP) is 2.11. The molecular formula is C11H11F4NO3. The fourth-order valence-electron chi connectivity index (χ4n) is 1.56. The Morgan fingerprint density at radius 2 is 1.89 bits per heavy atom. The molecule has 106 valence electrons. The highest BCUT2D eigenvalue weighted by molar-refractivity contribution is 5.51. The number of hydrogen-bond acceptors (Lipinski definition) is 4. The van der Waals surface area contributed by atoms with Gasteiger partial charge in [0.15, 0.2) is 11.5 Å². The minimum atomic E-state index is -4.11. The topological polar surface area (TPSA) is 50.7 Å². The van der Waals surface area contributed by atoms with Crippen molar-refractivity contribution < 1.29 is 32.1 Å². The Hall–Kier alpha value is -1.70. The highest BCUT2D eigenvalue weighted by Crippen LogP contribution is 2.37. The molecule has 0 saturated carbocycles. The number of ether oxygens (including phenoxy) is 2. The maximum absolute atomic E-state index is 12.6. The lowest BCUT2D eigenvalue weighted by atomic mass is 10.1. The van der Waals surface area contributed by atoms with E-state index in [4.69, 9.17) is 9.47 Å². The smallest absolute Gasteiger partial charge is 0.319 e. The van der Waals surface area contributed by atoms with Gasteiger partial charge in [-0.25, -0.2) is 8.78 Å². The van der Waals surface area contributed by atoms with Crippen LogP contribution in [0, 0.1) is 0 Å². The maximum Gasteiger partial charge on any atom is 0.319 e. The van der Waals surface area contributed by atoms with Crippen molar-refractivity contribution in [3.63, 3.8) is 0 Å². The van der Waals surface area contributed by atoms with Gasteiger partial charge in [-0.3, -0.25) is 0 Å². The van der Waals surface area contributed by atoms with Gasteiger partial charge >= 0.3 is 12.3 Å². The number of hydrogen-bond donors (Lipinski definition) is 2. The Balaban J connectivity index is 1.97. The van der Waals surface area contributed by atoms with Crippen LogP contribution in [0.3, 0.4) is 0 Å². The Kier molecular flexibility index (Phi) is 3.70. The molecule has 1 aromatic carbocycles. The number of alkyl halides is 4. The van der Waals surface area contributed by atoms with Crippen molar-refractivity contribution in [3.8, 4) is 17.2 Å². The van der Waals surface area contributed by atoms with E-state index in [2.05, 4.69) is 5.32 Å². The molecule has 0 atom stereocenters. The van der Waals surface area contributed by atoms with Gasteiger partial charge < -0.3 is 19.9 Å². The first-order valence-electron chi connectivity index (χ1n) is 5.38. The van der Waals surface area contributed by atoms with Crippen LogP contribution in [-0.2, 0) is 6.54 Å². The molecule has 19 heavy (non-hydrogen) atoms. The first-order chi connectivity index (χ1) is 8.90. The molecule has 1 heterocycles. The molecule has 8 heteroatoms. The molecule has 2 rings (SSSR count). The van der Waals surface area contributed by atoms with Gasteiger partial charge in [0.2, 0.25) is 6.79 Å². The lowest BCUT2D eigenvalue weighted by Gasteiger charge is -2.16. The van der Waals surface area contributed by atoms with E-state index in [0.29, 0.717) is 11.5 Å². The second-order valence-corrected chi connectivity index (χ2v) is 4.00.